The smallest absolute Gasteiger partial charge is 0.305 e. The fourth-order valence-electron chi connectivity index (χ4n) is 0.422. The van der Waals surface area contributed by atoms with Crippen molar-refractivity contribution < 1.29 is 9.53 Å². The number of alkyl halides is 1. The molecule has 0 rings (SSSR count). The van der Waals surface area contributed by atoms with E-state index in [2.05, 4.69) is 27.3 Å². The highest BCUT2D eigenvalue weighted by Gasteiger charge is 2.05. The Bertz CT molecular complexity index is 93.1. The van der Waals surface area contributed by atoms with Crippen LogP contribution in [0.5, 0.6) is 0 Å². The summed E-state index contributed by atoms with van der Waals surface area (Å²) in [6.45, 7) is 2.03. The Morgan fingerprint density at radius 2 is 2.33 bits per heavy atom. The van der Waals surface area contributed by atoms with Gasteiger partial charge in [0.1, 0.15) is 0 Å². The van der Waals surface area contributed by atoms with Crippen LogP contribution in [-0.2, 0) is 9.53 Å². The average Bonchev–Trinajstić information content (AvgIpc) is 1.87. The topological polar surface area (TPSA) is 26.3 Å². The van der Waals surface area contributed by atoms with Crippen LogP contribution < -0.4 is 0 Å². The number of hydrogen-bond donors (Lipinski definition) is 0. The summed E-state index contributed by atoms with van der Waals surface area (Å²) in [6, 6.07) is 0. The Morgan fingerprint density at radius 3 is 2.67 bits per heavy atom. The summed E-state index contributed by atoms with van der Waals surface area (Å²) in [4.78, 5) is 10.6. The van der Waals surface area contributed by atoms with Crippen LogP contribution in [0.2, 0.25) is 0 Å². The molecular formula is C6H11IO2. The molecule has 54 valence electrons. The average molecular weight is 242 g/mol. The van der Waals surface area contributed by atoms with Gasteiger partial charge in [-0.1, -0.05) is 29.5 Å². The molecule has 0 aliphatic heterocycles. The Morgan fingerprint density at radius 1 is 1.78 bits per heavy atom. The van der Waals surface area contributed by atoms with Crippen LogP contribution in [0.1, 0.15) is 13.3 Å². The number of carbonyl (C=O) groups is 1. The zero-order valence-electron chi connectivity index (χ0n) is 5.69. The summed E-state index contributed by atoms with van der Waals surface area (Å²) in [7, 11) is 1.42. The van der Waals surface area contributed by atoms with Gasteiger partial charge in [0, 0.05) is 10.8 Å². The molecular weight excluding hydrogens is 231 g/mol. The SMILES string of the molecule is COC(=O)CC(C)CI. The Kier molecular flexibility index (Phi) is 5.13. The van der Waals surface area contributed by atoms with E-state index in [1.807, 2.05) is 6.92 Å². The number of carbonyl (C=O) groups excluding carboxylic acids is 1. The van der Waals surface area contributed by atoms with E-state index in [-0.39, 0.29) is 5.97 Å². The van der Waals surface area contributed by atoms with Gasteiger partial charge in [-0.15, -0.1) is 0 Å². The highest BCUT2D eigenvalue weighted by molar-refractivity contribution is 14.1. The highest BCUT2D eigenvalue weighted by Crippen LogP contribution is 2.05. The van der Waals surface area contributed by atoms with Gasteiger partial charge in [-0.2, -0.15) is 0 Å². The van der Waals surface area contributed by atoms with Gasteiger partial charge in [-0.05, 0) is 5.92 Å². The van der Waals surface area contributed by atoms with Crippen molar-refractivity contribution in [1.82, 2.24) is 0 Å². The first-order valence-electron chi connectivity index (χ1n) is 2.83. The highest BCUT2D eigenvalue weighted by atomic mass is 127. The molecule has 0 saturated heterocycles. The van der Waals surface area contributed by atoms with E-state index in [1.54, 1.807) is 0 Å². The van der Waals surface area contributed by atoms with Gasteiger partial charge in [0.25, 0.3) is 0 Å². The van der Waals surface area contributed by atoms with Gasteiger partial charge in [-0.3, -0.25) is 4.79 Å². The summed E-state index contributed by atoms with van der Waals surface area (Å²) in [6.07, 6.45) is 0.541. The predicted octanol–water partition coefficient (Wildman–Crippen LogP) is 1.62. The lowest BCUT2D eigenvalue weighted by Crippen LogP contribution is -2.07. The Balaban J connectivity index is 3.34. The molecule has 0 amide bonds. The molecule has 0 aromatic carbocycles. The first kappa shape index (κ1) is 9.20. The molecule has 0 bridgehead atoms. The summed E-state index contributed by atoms with van der Waals surface area (Å²) < 4.78 is 5.49. The maximum absolute atomic E-state index is 10.6. The molecule has 0 aromatic rings. The first-order valence-corrected chi connectivity index (χ1v) is 4.36. The van der Waals surface area contributed by atoms with E-state index >= 15 is 0 Å². The van der Waals surface area contributed by atoms with Crippen molar-refractivity contribution in [3.63, 3.8) is 0 Å². The zero-order chi connectivity index (χ0) is 7.28. The van der Waals surface area contributed by atoms with Crippen LogP contribution in [0.4, 0.5) is 0 Å². The van der Waals surface area contributed by atoms with Crippen molar-refractivity contribution in [3.8, 4) is 0 Å². The van der Waals surface area contributed by atoms with E-state index in [1.165, 1.54) is 7.11 Å². The third kappa shape index (κ3) is 4.69. The summed E-state index contributed by atoms with van der Waals surface area (Å²) in [5.74, 6) is 0.331. The lowest BCUT2D eigenvalue weighted by molar-refractivity contribution is -0.141. The summed E-state index contributed by atoms with van der Waals surface area (Å²) in [5.41, 5.74) is 0. The Labute approximate surface area is 69.1 Å². The van der Waals surface area contributed by atoms with E-state index in [0.717, 1.165) is 4.43 Å². The number of ether oxygens (including phenoxy) is 1. The number of rotatable bonds is 3. The van der Waals surface area contributed by atoms with Crippen molar-refractivity contribution in [2.24, 2.45) is 5.92 Å². The predicted molar refractivity (Wildman–Crippen MR) is 44.7 cm³/mol. The lowest BCUT2D eigenvalue weighted by Gasteiger charge is -2.03. The molecule has 0 N–H and O–H groups in total. The van der Waals surface area contributed by atoms with Crippen molar-refractivity contribution in [2.75, 3.05) is 11.5 Å². The van der Waals surface area contributed by atoms with Crippen LogP contribution >= 0.6 is 22.6 Å². The summed E-state index contributed by atoms with van der Waals surface area (Å²) in [5, 5.41) is 0. The van der Waals surface area contributed by atoms with Gasteiger partial charge in [0.15, 0.2) is 0 Å². The van der Waals surface area contributed by atoms with Crippen LogP contribution in [0.3, 0.4) is 0 Å². The van der Waals surface area contributed by atoms with Crippen molar-refractivity contribution in [3.05, 3.63) is 0 Å². The van der Waals surface area contributed by atoms with Gasteiger partial charge >= 0.3 is 5.97 Å². The van der Waals surface area contributed by atoms with Gasteiger partial charge in [0.05, 0.1) is 7.11 Å². The van der Waals surface area contributed by atoms with E-state index in [4.69, 9.17) is 0 Å². The third-order valence-electron chi connectivity index (χ3n) is 1.01. The van der Waals surface area contributed by atoms with Gasteiger partial charge in [-0.25, -0.2) is 0 Å². The minimum absolute atomic E-state index is 0.112. The van der Waals surface area contributed by atoms with Crippen LogP contribution in [0.25, 0.3) is 0 Å². The first-order chi connectivity index (χ1) is 4.20. The van der Waals surface area contributed by atoms with Crippen LogP contribution in [0, 0.1) is 5.92 Å². The summed E-state index contributed by atoms with van der Waals surface area (Å²) >= 11 is 2.26. The van der Waals surface area contributed by atoms with E-state index in [0.29, 0.717) is 12.3 Å². The second-order valence-corrected chi connectivity index (χ2v) is 2.92. The molecule has 0 aromatic heterocycles. The minimum atomic E-state index is -0.112. The fraction of sp³-hybridized carbons (Fsp3) is 0.833. The second kappa shape index (κ2) is 5.02. The number of halogens is 1. The van der Waals surface area contributed by atoms with Gasteiger partial charge < -0.3 is 4.74 Å². The van der Waals surface area contributed by atoms with E-state index < -0.39 is 0 Å². The fourth-order valence-corrected chi connectivity index (χ4v) is 0.734. The largest absolute Gasteiger partial charge is 0.469 e. The molecule has 0 saturated carbocycles. The van der Waals surface area contributed by atoms with Crippen molar-refractivity contribution in [1.29, 1.82) is 0 Å². The van der Waals surface area contributed by atoms with Gasteiger partial charge in [0.2, 0.25) is 0 Å². The van der Waals surface area contributed by atoms with Crippen LogP contribution in [0.15, 0.2) is 0 Å². The molecule has 2 nitrogen and oxygen atoms in total. The monoisotopic (exact) mass is 242 g/mol. The van der Waals surface area contributed by atoms with E-state index in [9.17, 15) is 4.79 Å². The second-order valence-electron chi connectivity index (χ2n) is 2.04. The van der Waals surface area contributed by atoms with Crippen LogP contribution in [-0.4, -0.2) is 17.5 Å². The molecule has 1 unspecified atom stereocenters. The molecule has 0 aliphatic carbocycles. The maximum Gasteiger partial charge on any atom is 0.305 e. The number of methoxy groups -OCH3 is 1. The third-order valence-corrected chi connectivity index (χ3v) is 2.51. The standard InChI is InChI=1S/C6H11IO2/c1-5(4-7)3-6(8)9-2/h5H,3-4H2,1-2H3. The molecule has 0 heterocycles. The number of hydrogen-bond acceptors (Lipinski definition) is 2. The Hall–Kier alpha value is 0.200. The molecule has 0 aliphatic rings. The maximum atomic E-state index is 10.6. The zero-order valence-corrected chi connectivity index (χ0v) is 7.84. The molecule has 1 atom stereocenters. The molecule has 9 heavy (non-hydrogen) atoms. The van der Waals surface area contributed by atoms with Crippen molar-refractivity contribution >= 4 is 28.6 Å². The minimum Gasteiger partial charge on any atom is -0.469 e. The normalized spacial score (nSPS) is 12.8. The quantitative estimate of drug-likeness (QED) is 0.427. The lowest BCUT2D eigenvalue weighted by atomic mass is 10.1. The molecule has 0 radical (unpaired) electrons. The number of esters is 1. The molecule has 0 spiro atoms. The van der Waals surface area contributed by atoms with Crippen molar-refractivity contribution in [2.45, 2.75) is 13.3 Å². The molecule has 0 fully saturated rings. The molecule has 3 heteroatoms.